The zero-order valence-electron chi connectivity index (χ0n) is 31.3. The van der Waals surface area contributed by atoms with Gasteiger partial charge in [0.1, 0.15) is 17.2 Å². The third-order valence-corrected chi connectivity index (χ3v) is 15.3. The summed E-state index contributed by atoms with van der Waals surface area (Å²) in [6.07, 6.45) is 12.9. The molecule has 3 N–H and O–H groups in total. The maximum atomic E-state index is 13.8. The number of carbonyl (C=O) groups excluding carboxylic acids is 2. The van der Waals surface area contributed by atoms with E-state index in [1.54, 1.807) is 46.9 Å². The second-order valence-corrected chi connectivity index (χ2v) is 18.5. The first-order valence-electron chi connectivity index (χ1n) is 19.2. The minimum Gasteiger partial charge on any atom is -0.481 e. The average Bonchev–Trinajstić information content (AvgIpc) is 3.51. The summed E-state index contributed by atoms with van der Waals surface area (Å²) >= 11 is 0. The number of aromatic nitrogens is 1. The summed E-state index contributed by atoms with van der Waals surface area (Å²) < 4.78 is 19.9. The van der Waals surface area contributed by atoms with Crippen molar-refractivity contribution in [2.75, 3.05) is 30.4 Å². The van der Waals surface area contributed by atoms with E-state index in [9.17, 15) is 19.5 Å². The number of hydrogen-bond acceptors (Lipinski definition) is 11. The Kier molecular flexibility index (Phi) is 9.92. The molecular formula is C42H49N3O7S2. The second kappa shape index (κ2) is 14.4. The average molecular weight is 772 g/mol. The molecule has 4 atom stereocenters. The summed E-state index contributed by atoms with van der Waals surface area (Å²) in [5.41, 5.74) is 8.49. The van der Waals surface area contributed by atoms with Crippen molar-refractivity contribution in [3.63, 3.8) is 0 Å². The minimum atomic E-state index is -1.16. The predicted octanol–water partition coefficient (Wildman–Crippen LogP) is 6.95. The van der Waals surface area contributed by atoms with Crippen LogP contribution < -0.4 is 16.1 Å². The van der Waals surface area contributed by atoms with Gasteiger partial charge in [-0.1, -0.05) is 58.6 Å². The van der Waals surface area contributed by atoms with Crippen molar-refractivity contribution in [3.8, 4) is 5.75 Å². The fraction of sp³-hybridized carbons (Fsp3) is 0.524. The highest BCUT2D eigenvalue weighted by atomic mass is 33.1. The smallest absolute Gasteiger partial charge is 0.340 e. The highest BCUT2D eigenvalue weighted by molar-refractivity contribution is 8.76. The molecule has 12 heteroatoms. The lowest BCUT2D eigenvalue weighted by Crippen LogP contribution is -2.63. The highest BCUT2D eigenvalue weighted by Crippen LogP contribution is 2.58. The van der Waals surface area contributed by atoms with E-state index in [1.807, 2.05) is 36.9 Å². The van der Waals surface area contributed by atoms with Crippen molar-refractivity contribution < 1.29 is 28.6 Å². The fourth-order valence-corrected chi connectivity index (χ4v) is 12.1. The molecule has 2 fully saturated rings. The Labute approximate surface area is 323 Å². The summed E-state index contributed by atoms with van der Waals surface area (Å²) in [5.74, 6) is 1.61. The number of benzene rings is 1. The van der Waals surface area contributed by atoms with Crippen molar-refractivity contribution >= 4 is 50.3 Å². The number of pyridine rings is 1. The van der Waals surface area contributed by atoms with Gasteiger partial charge in [-0.3, -0.25) is 4.79 Å². The van der Waals surface area contributed by atoms with Gasteiger partial charge in [-0.2, -0.15) is 0 Å². The first kappa shape index (κ1) is 37.2. The van der Waals surface area contributed by atoms with E-state index in [0.717, 1.165) is 78.5 Å². The molecule has 2 aliphatic carbocycles. The molecule has 3 aromatic rings. The summed E-state index contributed by atoms with van der Waals surface area (Å²) in [7, 11) is 3.55. The van der Waals surface area contributed by atoms with Crippen LogP contribution in [0.4, 0.5) is 5.82 Å². The van der Waals surface area contributed by atoms with Crippen LogP contribution in [0.1, 0.15) is 100 Å². The number of anilines is 1. The number of aliphatic hydroxyl groups excluding tert-OH is 1. The van der Waals surface area contributed by atoms with Crippen LogP contribution in [0, 0.1) is 0 Å². The van der Waals surface area contributed by atoms with Crippen molar-refractivity contribution in [2.45, 2.75) is 114 Å². The van der Waals surface area contributed by atoms with E-state index >= 15 is 0 Å². The van der Waals surface area contributed by atoms with Gasteiger partial charge in [0.2, 0.25) is 5.91 Å². The van der Waals surface area contributed by atoms with Gasteiger partial charge in [0, 0.05) is 77.7 Å². The minimum absolute atomic E-state index is 0.00176. The number of nitrogens with zero attached hydrogens (tertiary/aromatic N) is 2. The number of rotatable bonds is 5. The van der Waals surface area contributed by atoms with Gasteiger partial charge in [-0.25, -0.2) is 14.6 Å². The number of carbonyl (C=O) groups is 2. The van der Waals surface area contributed by atoms with Crippen LogP contribution in [-0.4, -0.2) is 68.8 Å². The fourth-order valence-electron chi connectivity index (χ4n) is 9.59. The number of nitrogens with two attached hydrogens (primary N) is 1. The largest absolute Gasteiger partial charge is 0.481 e. The first-order valence-corrected chi connectivity index (χ1v) is 21.7. The van der Waals surface area contributed by atoms with Crippen molar-refractivity contribution in [2.24, 2.45) is 0 Å². The van der Waals surface area contributed by atoms with E-state index < -0.39 is 28.5 Å². The van der Waals surface area contributed by atoms with Gasteiger partial charge in [-0.15, -0.1) is 0 Å². The quantitative estimate of drug-likeness (QED) is 0.0914. The molecule has 0 unspecified atom stereocenters. The summed E-state index contributed by atoms with van der Waals surface area (Å²) in [6, 6.07) is 7.90. The van der Waals surface area contributed by atoms with Crippen LogP contribution in [0.3, 0.4) is 0 Å². The van der Waals surface area contributed by atoms with Gasteiger partial charge >= 0.3 is 11.6 Å². The normalized spacial score (nSPS) is 28.0. The highest BCUT2D eigenvalue weighted by Gasteiger charge is 2.64. The number of allylic oxidation sites excluding steroid dienone is 1. The Morgan fingerprint density at radius 1 is 1.15 bits per heavy atom. The van der Waals surface area contributed by atoms with Gasteiger partial charge in [0.05, 0.1) is 12.3 Å². The van der Waals surface area contributed by atoms with Crippen molar-refractivity contribution in [3.05, 3.63) is 86.4 Å². The predicted molar refractivity (Wildman–Crippen MR) is 213 cm³/mol. The summed E-state index contributed by atoms with van der Waals surface area (Å²) in [4.78, 5) is 47.7. The van der Waals surface area contributed by atoms with E-state index in [2.05, 4.69) is 11.1 Å². The van der Waals surface area contributed by atoms with Crippen molar-refractivity contribution in [1.82, 2.24) is 9.88 Å². The van der Waals surface area contributed by atoms with Crippen molar-refractivity contribution in [1.29, 1.82) is 0 Å². The molecule has 1 aromatic carbocycles. The molecule has 1 saturated carbocycles. The summed E-state index contributed by atoms with van der Waals surface area (Å²) in [5, 5.41) is 10.9. The van der Waals surface area contributed by atoms with Gasteiger partial charge in [0.25, 0.3) is 0 Å². The van der Waals surface area contributed by atoms with E-state index in [4.69, 9.17) is 19.6 Å². The van der Waals surface area contributed by atoms with E-state index in [0.29, 0.717) is 53.3 Å². The molecule has 2 aromatic heterocycles. The van der Waals surface area contributed by atoms with Crippen LogP contribution in [0.2, 0.25) is 0 Å². The number of aliphatic hydroxyl groups is 1. The molecule has 5 aliphatic rings. The first-order chi connectivity index (χ1) is 26.0. The zero-order chi connectivity index (χ0) is 37.8. The second-order valence-electron chi connectivity index (χ2n) is 16.0. The number of hydrogen-bond donors (Lipinski definition) is 2. The SMILES string of the molecule is C/C=C(\C)C(=O)O[C@]1(C)CC=C2CSSC[C@H]3CCN3C(=O)Cc3cnc(N)cc3[C@@H]2[C@]12Cc1cc3cc(C4(CCO)CCCCC4)c(=O)oc3cc1O2. The molecule has 286 valence electrons. The molecule has 8 rings (SSSR count). The molecule has 0 bridgehead atoms. The lowest BCUT2D eigenvalue weighted by molar-refractivity contribution is -0.183. The third kappa shape index (κ3) is 6.26. The lowest BCUT2D eigenvalue weighted by atomic mass is 9.61. The Bertz CT molecular complexity index is 2120. The third-order valence-electron chi connectivity index (χ3n) is 12.9. The van der Waals surface area contributed by atoms with Crippen LogP contribution in [0.5, 0.6) is 5.75 Å². The molecule has 1 saturated heterocycles. The molecule has 10 nitrogen and oxygen atoms in total. The van der Waals surface area contributed by atoms with E-state index in [1.165, 1.54) is 0 Å². The Hall–Kier alpha value is -3.74. The van der Waals surface area contributed by atoms with Crippen LogP contribution in [-0.2, 0) is 32.6 Å². The van der Waals surface area contributed by atoms with Crippen LogP contribution in [0.15, 0.2) is 63.0 Å². The zero-order valence-corrected chi connectivity index (χ0v) is 32.9. The number of nitrogen functional groups attached to an aromatic ring is 1. The molecule has 1 amide bonds. The maximum absolute atomic E-state index is 13.8. The Morgan fingerprint density at radius 2 is 1.96 bits per heavy atom. The van der Waals surface area contributed by atoms with Crippen LogP contribution in [0.25, 0.3) is 11.0 Å². The molecule has 0 radical (unpaired) electrons. The molecule has 3 aliphatic heterocycles. The number of esters is 1. The topological polar surface area (TPSA) is 145 Å². The standard InChI is InChI=1S/C42H49N3O7S2/c1-4-25(2)38(48)52-40(3)12-8-26-23-53-54-24-30-9-14-45(30)36(47)18-29-22-44-35(43)19-31(29)37(26)42(40)21-28-16-27-17-32(39(49)50-33(27)20-34(28)51-42)41(13-15-46)10-6-5-7-11-41/h4,8,16-17,19-20,22,30,37,46H,5-7,9-15,18,21,23-24H2,1-3H3,(H2,43,44)/b25-4+/t30-,37-,40-,42-/m1/s1. The lowest BCUT2D eigenvalue weighted by Gasteiger charge is -2.52. The van der Waals surface area contributed by atoms with Gasteiger partial charge in [-0.05, 0) is 81.3 Å². The molecule has 1 spiro atoms. The van der Waals surface area contributed by atoms with Gasteiger partial charge in [0.15, 0.2) is 11.2 Å². The molecule has 54 heavy (non-hydrogen) atoms. The number of fused-ring (bicyclic) bond motifs is 7. The summed E-state index contributed by atoms with van der Waals surface area (Å²) in [6.45, 7) is 6.25. The maximum Gasteiger partial charge on any atom is 0.340 e. The van der Waals surface area contributed by atoms with Gasteiger partial charge < -0.3 is 29.6 Å². The Morgan fingerprint density at radius 3 is 2.70 bits per heavy atom. The number of ether oxygens (including phenoxy) is 2. The van der Waals surface area contributed by atoms with Crippen LogP contribution >= 0.6 is 21.6 Å². The molecule has 5 heterocycles. The number of amides is 1. The molecular weight excluding hydrogens is 723 g/mol. The van der Waals surface area contributed by atoms with E-state index in [-0.39, 0.29) is 30.6 Å². The Balaban J connectivity index is 1.29. The monoisotopic (exact) mass is 771 g/mol.